The number of hydrogen-bond donors (Lipinski definition) is 1. The molecular formula is C5H5N3O4. The van der Waals surface area contributed by atoms with Crippen molar-refractivity contribution in [3.63, 3.8) is 0 Å². The molecule has 1 heterocycles. The van der Waals surface area contributed by atoms with E-state index in [0.717, 1.165) is 17.3 Å². The molecule has 1 amide bonds. The summed E-state index contributed by atoms with van der Waals surface area (Å²) in [5.74, 6) is 0. The highest BCUT2D eigenvalue weighted by molar-refractivity contribution is 5.78. The molecule has 0 saturated heterocycles. The molecule has 1 aliphatic heterocycles. The SMILES string of the molecule is O=C(O)N1C=C([N+](=O)[O-])C=NC1. The van der Waals surface area contributed by atoms with E-state index in [1.807, 2.05) is 0 Å². The zero-order valence-corrected chi connectivity index (χ0v) is 5.88. The van der Waals surface area contributed by atoms with Crippen LogP contribution in [0.3, 0.4) is 0 Å². The smallest absolute Gasteiger partial charge is 0.413 e. The highest BCUT2D eigenvalue weighted by Gasteiger charge is 2.18. The van der Waals surface area contributed by atoms with Gasteiger partial charge in [-0.25, -0.2) is 4.79 Å². The van der Waals surface area contributed by atoms with Crippen molar-refractivity contribution in [1.29, 1.82) is 0 Å². The Morgan fingerprint density at radius 3 is 3.00 bits per heavy atom. The van der Waals surface area contributed by atoms with Crippen molar-refractivity contribution in [1.82, 2.24) is 4.90 Å². The quantitative estimate of drug-likeness (QED) is 0.447. The zero-order chi connectivity index (χ0) is 9.14. The van der Waals surface area contributed by atoms with Crippen molar-refractivity contribution < 1.29 is 14.8 Å². The number of rotatable bonds is 1. The van der Waals surface area contributed by atoms with E-state index in [4.69, 9.17) is 5.11 Å². The second-order valence-electron chi connectivity index (χ2n) is 2.02. The number of allylic oxidation sites excluding steroid dienone is 1. The molecule has 7 nitrogen and oxygen atoms in total. The van der Waals surface area contributed by atoms with Crippen LogP contribution in [0, 0.1) is 10.1 Å². The van der Waals surface area contributed by atoms with Crippen molar-refractivity contribution in [2.75, 3.05) is 6.67 Å². The predicted molar refractivity (Wildman–Crippen MR) is 38.3 cm³/mol. The number of nitrogens with zero attached hydrogens (tertiary/aromatic N) is 3. The average molecular weight is 171 g/mol. The zero-order valence-electron chi connectivity index (χ0n) is 5.88. The molecule has 1 N–H and O–H groups in total. The summed E-state index contributed by atoms with van der Waals surface area (Å²) < 4.78 is 0. The van der Waals surface area contributed by atoms with Gasteiger partial charge in [0.1, 0.15) is 12.9 Å². The molecule has 0 unspecified atom stereocenters. The first-order valence-electron chi connectivity index (χ1n) is 2.97. The molecule has 0 saturated carbocycles. The lowest BCUT2D eigenvalue weighted by Gasteiger charge is -2.12. The van der Waals surface area contributed by atoms with Crippen LogP contribution in [0.5, 0.6) is 0 Å². The molecule has 0 spiro atoms. The Labute approximate surface area is 66.8 Å². The fourth-order valence-corrected chi connectivity index (χ4v) is 0.666. The third kappa shape index (κ3) is 1.57. The van der Waals surface area contributed by atoms with Crippen molar-refractivity contribution in [3.05, 3.63) is 22.0 Å². The summed E-state index contributed by atoms with van der Waals surface area (Å²) in [6, 6.07) is 0. The van der Waals surface area contributed by atoms with Crippen LogP contribution in [-0.2, 0) is 0 Å². The molecule has 0 aromatic heterocycles. The summed E-state index contributed by atoms with van der Waals surface area (Å²) in [5, 5.41) is 18.6. The summed E-state index contributed by atoms with van der Waals surface area (Å²) in [6.45, 7) is -0.0906. The fourth-order valence-electron chi connectivity index (χ4n) is 0.666. The standard InChI is InChI=1S/C5H5N3O4/c9-5(10)7-2-4(8(11)12)1-6-3-7/h1-2H,3H2,(H,9,10). The maximum atomic E-state index is 10.3. The van der Waals surface area contributed by atoms with Crippen molar-refractivity contribution >= 4 is 12.3 Å². The number of amides is 1. The maximum Gasteiger partial charge on any atom is 0.413 e. The van der Waals surface area contributed by atoms with Crippen LogP contribution < -0.4 is 0 Å². The Bertz CT molecular complexity index is 282. The van der Waals surface area contributed by atoms with E-state index in [1.54, 1.807) is 0 Å². The third-order valence-electron chi connectivity index (χ3n) is 1.20. The normalized spacial score (nSPS) is 15.7. The summed E-state index contributed by atoms with van der Waals surface area (Å²) in [6.07, 6.45) is 0.695. The Balaban J connectivity index is 2.82. The van der Waals surface area contributed by atoms with Crippen molar-refractivity contribution in [2.45, 2.75) is 0 Å². The van der Waals surface area contributed by atoms with Crippen LogP contribution in [0.4, 0.5) is 4.79 Å². The van der Waals surface area contributed by atoms with Gasteiger partial charge in [0, 0.05) is 0 Å². The molecule has 0 fully saturated rings. The van der Waals surface area contributed by atoms with Gasteiger partial charge in [0.05, 0.1) is 11.1 Å². The van der Waals surface area contributed by atoms with E-state index in [2.05, 4.69) is 4.99 Å². The number of carboxylic acid groups (broad SMARTS) is 1. The van der Waals surface area contributed by atoms with Gasteiger partial charge >= 0.3 is 11.8 Å². The molecule has 0 radical (unpaired) electrons. The van der Waals surface area contributed by atoms with Gasteiger partial charge in [-0.05, 0) is 0 Å². The molecule has 12 heavy (non-hydrogen) atoms. The van der Waals surface area contributed by atoms with Gasteiger partial charge in [0.25, 0.3) is 0 Å². The molecule has 64 valence electrons. The Hall–Kier alpha value is -1.92. The van der Waals surface area contributed by atoms with E-state index in [-0.39, 0.29) is 12.4 Å². The minimum Gasteiger partial charge on any atom is -0.465 e. The second-order valence-corrected chi connectivity index (χ2v) is 2.02. The number of aliphatic imine (C=N–C) groups is 1. The highest BCUT2D eigenvalue weighted by atomic mass is 16.6. The predicted octanol–water partition coefficient (Wildman–Crippen LogP) is 0.126. The molecule has 0 bridgehead atoms. The molecular weight excluding hydrogens is 166 g/mol. The Morgan fingerprint density at radius 2 is 2.50 bits per heavy atom. The van der Waals surface area contributed by atoms with Crippen LogP contribution in [0.15, 0.2) is 16.9 Å². The lowest BCUT2D eigenvalue weighted by atomic mass is 10.4. The van der Waals surface area contributed by atoms with Crippen molar-refractivity contribution in [2.24, 2.45) is 4.99 Å². The van der Waals surface area contributed by atoms with E-state index in [9.17, 15) is 14.9 Å². The van der Waals surface area contributed by atoms with Gasteiger partial charge in [0.15, 0.2) is 0 Å². The van der Waals surface area contributed by atoms with Gasteiger partial charge < -0.3 is 5.11 Å². The van der Waals surface area contributed by atoms with Crippen molar-refractivity contribution in [3.8, 4) is 0 Å². The number of hydrogen-bond acceptors (Lipinski definition) is 4. The van der Waals surface area contributed by atoms with Crippen LogP contribution >= 0.6 is 0 Å². The lowest BCUT2D eigenvalue weighted by Crippen LogP contribution is -2.28. The molecule has 0 aromatic rings. The van der Waals surface area contributed by atoms with Gasteiger partial charge in [0.2, 0.25) is 0 Å². The summed E-state index contributed by atoms with van der Waals surface area (Å²) in [4.78, 5) is 24.0. The number of nitro groups is 1. The van der Waals surface area contributed by atoms with E-state index in [0.29, 0.717) is 0 Å². The summed E-state index contributed by atoms with van der Waals surface area (Å²) in [7, 11) is 0. The Kier molecular flexibility index (Phi) is 2.04. The van der Waals surface area contributed by atoms with E-state index >= 15 is 0 Å². The summed E-state index contributed by atoms with van der Waals surface area (Å²) in [5.41, 5.74) is -0.330. The van der Waals surface area contributed by atoms with Gasteiger partial charge in [-0.3, -0.25) is 20.0 Å². The third-order valence-corrected chi connectivity index (χ3v) is 1.20. The van der Waals surface area contributed by atoms with Crippen LogP contribution in [0.2, 0.25) is 0 Å². The first-order valence-corrected chi connectivity index (χ1v) is 2.97. The highest BCUT2D eigenvalue weighted by Crippen LogP contribution is 2.03. The molecule has 0 aliphatic carbocycles. The van der Waals surface area contributed by atoms with E-state index < -0.39 is 11.0 Å². The van der Waals surface area contributed by atoms with E-state index in [1.165, 1.54) is 0 Å². The summed E-state index contributed by atoms with van der Waals surface area (Å²) >= 11 is 0. The number of carbonyl (C=O) groups is 1. The molecule has 1 rings (SSSR count). The average Bonchev–Trinajstić information content (AvgIpc) is 2.04. The second kappa shape index (κ2) is 2.99. The molecule has 7 heteroatoms. The topological polar surface area (TPSA) is 96.0 Å². The maximum absolute atomic E-state index is 10.3. The van der Waals surface area contributed by atoms with Gasteiger partial charge in [-0.2, -0.15) is 0 Å². The molecule has 0 aromatic carbocycles. The van der Waals surface area contributed by atoms with Crippen LogP contribution in [0.25, 0.3) is 0 Å². The largest absolute Gasteiger partial charge is 0.465 e. The molecule has 0 atom stereocenters. The van der Waals surface area contributed by atoms with Crippen LogP contribution in [0.1, 0.15) is 0 Å². The Morgan fingerprint density at radius 1 is 1.83 bits per heavy atom. The van der Waals surface area contributed by atoms with Crippen LogP contribution in [-0.4, -0.2) is 33.9 Å². The first kappa shape index (κ1) is 8.18. The monoisotopic (exact) mass is 171 g/mol. The van der Waals surface area contributed by atoms with Gasteiger partial charge in [-0.1, -0.05) is 0 Å². The lowest BCUT2D eigenvalue weighted by molar-refractivity contribution is -0.415. The minimum absolute atomic E-state index is 0.0906. The van der Waals surface area contributed by atoms with Gasteiger partial charge in [-0.15, -0.1) is 0 Å². The fraction of sp³-hybridized carbons (Fsp3) is 0.200. The minimum atomic E-state index is -1.26. The molecule has 1 aliphatic rings. The first-order chi connectivity index (χ1) is 5.61.